The lowest BCUT2D eigenvalue weighted by Gasteiger charge is -2.26. The topological polar surface area (TPSA) is 72.9 Å². The minimum Gasteiger partial charge on any atom is -0.457 e. The number of hydrogen-bond acceptors (Lipinski definition) is 5. The molecule has 2 aromatic rings. The van der Waals surface area contributed by atoms with Crippen molar-refractivity contribution in [3.05, 3.63) is 48.0 Å². The van der Waals surface area contributed by atoms with Crippen LogP contribution in [0.25, 0.3) is 10.8 Å². The first-order valence-corrected chi connectivity index (χ1v) is 8.66. The highest BCUT2D eigenvalue weighted by Gasteiger charge is 2.18. The second kappa shape index (κ2) is 8.58. The highest BCUT2D eigenvalue weighted by Crippen LogP contribution is 2.16. The fraction of sp³-hybridized carbons (Fsp3) is 0.350. The summed E-state index contributed by atoms with van der Waals surface area (Å²) in [6.07, 6.45) is 0.0597. The summed E-state index contributed by atoms with van der Waals surface area (Å²) in [4.78, 5) is 37.7. The van der Waals surface area contributed by atoms with Crippen LogP contribution in [-0.2, 0) is 19.1 Å². The molecule has 0 N–H and O–H groups in total. The van der Waals surface area contributed by atoms with Gasteiger partial charge in [0.1, 0.15) is 0 Å². The maximum atomic E-state index is 12.2. The number of hydrogen-bond donors (Lipinski definition) is 0. The molecule has 6 heteroatoms. The molecule has 1 aliphatic heterocycles. The second-order valence-corrected chi connectivity index (χ2v) is 6.14. The Balaban J connectivity index is 1.45. The summed E-state index contributed by atoms with van der Waals surface area (Å²) in [6.45, 7) is 1.83. The van der Waals surface area contributed by atoms with E-state index in [1.807, 2.05) is 30.3 Å². The van der Waals surface area contributed by atoms with E-state index in [1.165, 1.54) is 0 Å². The summed E-state index contributed by atoms with van der Waals surface area (Å²) in [5.74, 6) is -0.893. The molecule has 0 aromatic heterocycles. The van der Waals surface area contributed by atoms with Gasteiger partial charge in [0.25, 0.3) is 0 Å². The third-order valence-corrected chi connectivity index (χ3v) is 4.34. The number of rotatable bonds is 6. The molecule has 6 nitrogen and oxygen atoms in total. The van der Waals surface area contributed by atoms with Crippen molar-refractivity contribution in [1.29, 1.82) is 0 Å². The van der Waals surface area contributed by atoms with Crippen molar-refractivity contribution >= 4 is 28.4 Å². The second-order valence-electron chi connectivity index (χ2n) is 6.14. The molecule has 0 unspecified atom stereocenters. The number of benzene rings is 2. The molecule has 0 spiro atoms. The van der Waals surface area contributed by atoms with E-state index in [0.29, 0.717) is 31.9 Å². The lowest BCUT2D eigenvalue weighted by atomic mass is 10.0. The molecule has 1 amide bonds. The van der Waals surface area contributed by atoms with E-state index < -0.39 is 5.97 Å². The smallest absolute Gasteiger partial charge is 0.306 e. The molecule has 2 aromatic carbocycles. The number of nitrogens with zero attached hydrogens (tertiary/aromatic N) is 1. The van der Waals surface area contributed by atoms with Gasteiger partial charge >= 0.3 is 5.97 Å². The van der Waals surface area contributed by atoms with E-state index in [2.05, 4.69) is 0 Å². The van der Waals surface area contributed by atoms with Crippen molar-refractivity contribution in [2.45, 2.75) is 12.8 Å². The highest BCUT2D eigenvalue weighted by molar-refractivity contribution is 6.01. The average molecular weight is 355 g/mol. The first-order chi connectivity index (χ1) is 12.6. The average Bonchev–Trinajstić information content (AvgIpc) is 2.70. The maximum absolute atomic E-state index is 12.2. The van der Waals surface area contributed by atoms with Crippen molar-refractivity contribution < 1.29 is 23.9 Å². The van der Waals surface area contributed by atoms with Crippen LogP contribution in [0, 0.1) is 0 Å². The SMILES string of the molecule is O=C(CCC(=O)N1CCOCC1)OCC(=O)c1ccc2ccccc2c1. The number of Topliss-reactive ketones (excluding diaryl/α,β-unsaturated/α-hetero) is 1. The number of ketones is 1. The number of carbonyl (C=O) groups excluding carboxylic acids is 3. The van der Waals surface area contributed by atoms with Crippen LogP contribution >= 0.6 is 0 Å². The van der Waals surface area contributed by atoms with E-state index >= 15 is 0 Å². The minimum atomic E-state index is -0.541. The summed E-state index contributed by atoms with van der Waals surface area (Å²) in [5, 5.41) is 2.00. The molecular weight excluding hydrogens is 334 g/mol. The van der Waals surface area contributed by atoms with E-state index in [0.717, 1.165) is 10.8 Å². The van der Waals surface area contributed by atoms with E-state index in [1.54, 1.807) is 17.0 Å². The van der Waals surface area contributed by atoms with Crippen molar-refractivity contribution in [3.63, 3.8) is 0 Å². The number of morpholine rings is 1. The zero-order valence-electron chi connectivity index (χ0n) is 14.5. The van der Waals surface area contributed by atoms with Gasteiger partial charge in [0.2, 0.25) is 5.91 Å². The molecule has 0 aliphatic carbocycles. The Bertz CT molecular complexity index is 811. The molecular formula is C20H21NO5. The Hall–Kier alpha value is -2.73. The minimum absolute atomic E-state index is 0.0266. The van der Waals surface area contributed by atoms with Crippen molar-refractivity contribution in [1.82, 2.24) is 4.90 Å². The first-order valence-electron chi connectivity index (χ1n) is 8.66. The van der Waals surface area contributed by atoms with Crippen LogP contribution in [-0.4, -0.2) is 55.5 Å². The maximum Gasteiger partial charge on any atom is 0.306 e. The molecule has 0 radical (unpaired) electrons. The van der Waals surface area contributed by atoms with Gasteiger partial charge in [-0.1, -0.05) is 36.4 Å². The fourth-order valence-corrected chi connectivity index (χ4v) is 2.84. The Labute approximate surface area is 151 Å². The lowest BCUT2D eigenvalue weighted by Crippen LogP contribution is -2.40. The van der Waals surface area contributed by atoms with Gasteiger partial charge < -0.3 is 14.4 Å². The summed E-state index contributed by atoms with van der Waals surface area (Å²) in [6, 6.07) is 13.1. The zero-order valence-corrected chi connectivity index (χ0v) is 14.5. The van der Waals surface area contributed by atoms with Crippen LogP contribution in [0.15, 0.2) is 42.5 Å². The van der Waals surface area contributed by atoms with Gasteiger partial charge in [-0.3, -0.25) is 14.4 Å². The third kappa shape index (κ3) is 4.67. The van der Waals surface area contributed by atoms with Crippen LogP contribution in [0.4, 0.5) is 0 Å². The Kier molecular flexibility index (Phi) is 5.96. The molecule has 26 heavy (non-hydrogen) atoms. The largest absolute Gasteiger partial charge is 0.457 e. The van der Waals surface area contributed by atoms with Gasteiger partial charge in [-0.15, -0.1) is 0 Å². The summed E-state index contributed by atoms with van der Waals surface area (Å²) in [7, 11) is 0. The van der Waals surface area contributed by atoms with Gasteiger partial charge in [0.15, 0.2) is 12.4 Å². The number of ether oxygens (including phenoxy) is 2. The zero-order chi connectivity index (χ0) is 18.4. The first kappa shape index (κ1) is 18.1. The van der Waals surface area contributed by atoms with Crippen molar-refractivity contribution in [2.75, 3.05) is 32.9 Å². The molecule has 0 bridgehead atoms. The van der Waals surface area contributed by atoms with Gasteiger partial charge in [-0.05, 0) is 16.8 Å². The lowest BCUT2D eigenvalue weighted by molar-refractivity contribution is -0.146. The Morgan fingerprint density at radius 2 is 1.69 bits per heavy atom. The number of fused-ring (bicyclic) bond motifs is 1. The molecule has 1 heterocycles. The Morgan fingerprint density at radius 1 is 0.962 bits per heavy atom. The summed E-state index contributed by atoms with van der Waals surface area (Å²) < 4.78 is 10.2. The molecule has 3 rings (SSSR count). The van der Waals surface area contributed by atoms with Crippen LogP contribution in [0.3, 0.4) is 0 Å². The number of carbonyl (C=O) groups is 3. The van der Waals surface area contributed by atoms with Crippen LogP contribution in [0.2, 0.25) is 0 Å². The van der Waals surface area contributed by atoms with Gasteiger partial charge in [-0.25, -0.2) is 0 Å². The number of esters is 1. The standard InChI is InChI=1S/C20H21NO5/c22-18(17-6-5-15-3-1-2-4-16(15)13-17)14-26-20(24)8-7-19(23)21-9-11-25-12-10-21/h1-6,13H,7-12,14H2. The van der Waals surface area contributed by atoms with Gasteiger partial charge in [0.05, 0.1) is 19.6 Å². The molecule has 1 fully saturated rings. The van der Waals surface area contributed by atoms with Gasteiger partial charge in [0, 0.05) is 25.1 Å². The van der Waals surface area contributed by atoms with Crippen molar-refractivity contribution in [2.24, 2.45) is 0 Å². The summed E-state index contributed by atoms with van der Waals surface area (Å²) >= 11 is 0. The third-order valence-electron chi connectivity index (χ3n) is 4.34. The van der Waals surface area contributed by atoms with Crippen LogP contribution in [0.1, 0.15) is 23.2 Å². The molecule has 1 saturated heterocycles. The Morgan fingerprint density at radius 3 is 2.46 bits per heavy atom. The molecule has 1 aliphatic rings. The predicted octanol–water partition coefficient (Wildman–Crippen LogP) is 2.20. The highest BCUT2D eigenvalue weighted by atomic mass is 16.5. The molecule has 136 valence electrons. The van der Waals surface area contributed by atoms with E-state index in [-0.39, 0.29) is 31.1 Å². The monoisotopic (exact) mass is 355 g/mol. The van der Waals surface area contributed by atoms with Crippen LogP contribution < -0.4 is 0 Å². The number of amides is 1. The molecule has 0 atom stereocenters. The van der Waals surface area contributed by atoms with E-state index in [4.69, 9.17) is 9.47 Å². The fourth-order valence-electron chi connectivity index (χ4n) is 2.84. The quantitative estimate of drug-likeness (QED) is 0.587. The predicted molar refractivity (Wildman–Crippen MR) is 95.9 cm³/mol. The summed E-state index contributed by atoms with van der Waals surface area (Å²) in [5.41, 5.74) is 0.501. The van der Waals surface area contributed by atoms with Crippen LogP contribution in [0.5, 0.6) is 0 Å². The van der Waals surface area contributed by atoms with Crippen molar-refractivity contribution in [3.8, 4) is 0 Å². The van der Waals surface area contributed by atoms with Gasteiger partial charge in [-0.2, -0.15) is 0 Å². The van der Waals surface area contributed by atoms with E-state index in [9.17, 15) is 14.4 Å². The molecule has 0 saturated carbocycles. The normalized spacial score (nSPS) is 14.2.